The van der Waals surface area contributed by atoms with Gasteiger partial charge in [-0.15, -0.1) is 0 Å². The van der Waals surface area contributed by atoms with Crippen molar-refractivity contribution < 1.29 is 33.7 Å². The van der Waals surface area contributed by atoms with Crippen LogP contribution < -0.4 is 0 Å². The Labute approximate surface area is 169 Å². The maximum Gasteiger partial charge on any atom is 0.310 e. The molecule has 7 nitrogen and oxygen atoms in total. The average Bonchev–Trinajstić information content (AvgIpc) is 2.69. The molecule has 0 saturated heterocycles. The summed E-state index contributed by atoms with van der Waals surface area (Å²) in [4.78, 5) is 36.8. The zero-order valence-electron chi connectivity index (χ0n) is 17.7. The van der Waals surface area contributed by atoms with Crippen LogP contribution in [0, 0.1) is 11.8 Å². The van der Waals surface area contributed by atoms with Gasteiger partial charge in [-0.1, -0.05) is 46.5 Å². The Bertz CT molecular complexity index is 436. The lowest BCUT2D eigenvalue weighted by Crippen LogP contribution is -2.33. The first-order valence-corrected chi connectivity index (χ1v) is 10.6. The van der Waals surface area contributed by atoms with Crippen molar-refractivity contribution in [1.82, 2.24) is 0 Å². The van der Waals surface area contributed by atoms with Crippen LogP contribution in [-0.2, 0) is 28.6 Å². The fourth-order valence-electron chi connectivity index (χ4n) is 2.55. The molecule has 2 atom stereocenters. The second kappa shape index (κ2) is 17.5. The molecule has 7 heteroatoms. The van der Waals surface area contributed by atoms with Crippen molar-refractivity contribution >= 4 is 17.9 Å². The number of aliphatic hydroxyl groups is 1. The van der Waals surface area contributed by atoms with Gasteiger partial charge in [0.2, 0.25) is 0 Å². The molecule has 0 bridgehead atoms. The van der Waals surface area contributed by atoms with Crippen LogP contribution in [0.1, 0.15) is 78.6 Å². The zero-order valence-corrected chi connectivity index (χ0v) is 17.7. The van der Waals surface area contributed by atoms with Crippen molar-refractivity contribution in [2.45, 2.75) is 78.6 Å². The summed E-state index contributed by atoms with van der Waals surface area (Å²) in [7, 11) is 0. The number of hydrogen-bond acceptors (Lipinski definition) is 7. The molecule has 0 fully saturated rings. The highest BCUT2D eigenvalue weighted by atomic mass is 16.5. The molecule has 2 unspecified atom stereocenters. The summed E-state index contributed by atoms with van der Waals surface area (Å²) in [6.07, 6.45) is 6.33. The molecule has 0 radical (unpaired) electrons. The summed E-state index contributed by atoms with van der Waals surface area (Å²) < 4.78 is 15.6. The number of esters is 3. The molecular formula is C21H38O7. The van der Waals surface area contributed by atoms with Crippen LogP contribution in [0.15, 0.2) is 0 Å². The molecule has 164 valence electrons. The van der Waals surface area contributed by atoms with E-state index in [1.807, 2.05) is 6.92 Å². The maximum absolute atomic E-state index is 12.5. The summed E-state index contributed by atoms with van der Waals surface area (Å²) in [5.41, 5.74) is 0. The Hall–Kier alpha value is -1.63. The van der Waals surface area contributed by atoms with Gasteiger partial charge in [0.05, 0.1) is 38.1 Å². The highest BCUT2D eigenvalue weighted by molar-refractivity contribution is 5.85. The molecule has 0 saturated carbocycles. The summed E-state index contributed by atoms with van der Waals surface area (Å²) in [5, 5.41) is 8.77. The standard InChI is InChI=1S/C21H38O7/c1-4-6-9-13-26-19(23)16-18(21(25)28-14-10-7-5-2)17(3)20(24)27-15-11-8-12-22/h17-18,22H,4-16H2,1-3H3. The van der Waals surface area contributed by atoms with Crippen molar-refractivity contribution in [1.29, 1.82) is 0 Å². The van der Waals surface area contributed by atoms with Crippen LogP contribution in [-0.4, -0.2) is 49.4 Å². The molecule has 0 aromatic heterocycles. The highest BCUT2D eigenvalue weighted by Crippen LogP contribution is 2.21. The lowest BCUT2D eigenvalue weighted by molar-refractivity contribution is -0.164. The van der Waals surface area contributed by atoms with E-state index < -0.39 is 29.7 Å². The number of carbonyl (C=O) groups excluding carboxylic acids is 3. The minimum atomic E-state index is -0.925. The molecule has 1 N–H and O–H groups in total. The Balaban J connectivity index is 4.73. The smallest absolute Gasteiger partial charge is 0.310 e. The number of ether oxygens (including phenoxy) is 3. The van der Waals surface area contributed by atoms with Gasteiger partial charge < -0.3 is 19.3 Å². The molecule has 0 aliphatic carbocycles. The fraction of sp³-hybridized carbons (Fsp3) is 0.857. The van der Waals surface area contributed by atoms with Crippen LogP contribution in [0.25, 0.3) is 0 Å². The number of unbranched alkanes of at least 4 members (excludes halogenated alkanes) is 5. The Morgan fingerprint density at radius 1 is 0.750 bits per heavy atom. The van der Waals surface area contributed by atoms with Crippen molar-refractivity contribution in [3.63, 3.8) is 0 Å². The summed E-state index contributed by atoms with van der Waals surface area (Å²) in [5.74, 6) is -3.36. The van der Waals surface area contributed by atoms with E-state index in [1.54, 1.807) is 6.92 Å². The van der Waals surface area contributed by atoms with E-state index in [9.17, 15) is 14.4 Å². The third kappa shape index (κ3) is 12.7. The normalized spacial score (nSPS) is 12.9. The van der Waals surface area contributed by atoms with Gasteiger partial charge >= 0.3 is 17.9 Å². The first kappa shape index (κ1) is 26.4. The first-order chi connectivity index (χ1) is 13.5. The van der Waals surface area contributed by atoms with E-state index in [0.717, 1.165) is 38.5 Å². The molecule has 0 heterocycles. The Morgan fingerprint density at radius 2 is 1.25 bits per heavy atom. The number of aliphatic hydroxyl groups excluding tert-OH is 1. The zero-order chi connectivity index (χ0) is 21.2. The molecule has 0 spiro atoms. The highest BCUT2D eigenvalue weighted by Gasteiger charge is 2.35. The number of carbonyl (C=O) groups is 3. The van der Waals surface area contributed by atoms with Gasteiger partial charge in [-0.05, 0) is 25.7 Å². The molecule has 0 rings (SSSR count). The molecule has 0 aliphatic heterocycles. The van der Waals surface area contributed by atoms with Gasteiger partial charge in [0.15, 0.2) is 0 Å². The lowest BCUT2D eigenvalue weighted by Gasteiger charge is -2.21. The number of rotatable bonds is 17. The van der Waals surface area contributed by atoms with Crippen molar-refractivity contribution in [2.75, 3.05) is 26.4 Å². The van der Waals surface area contributed by atoms with Gasteiger partial charge in [0.25, 0.3) is 0 Å². The lowest BCUT2D eigenvalue weighted by atomic mass is 9.91. The van der Waals surface area contributed by atoms with Gasteiger partial charge in [-0.25, -0.2) is 0 Å². The van der Waals surface area contributed by atoms with Crippen molar-refractivity contribution in [3.8, 4) is 0 Å². The van der Waals surface area contributed by atoms with Crippen LogP contribution in [0.2, 0.25) is 0 Å². The van der Waals surface area contributed by atoms with E-state index >= 15 is 0 Å². The average molecular weight is 403 g/mol. The number of hydrogen-bond donors (Lipinski definition) is 1. The molecular weight excluding hydrogens is 364 g/mol. The maximum atomic E-state index is 12.5. The fourth-order valence-corrected chi connectivity index (χ4v) is 2.55. The molecule has 0 amide bonds. The topological polar surface area (TPSA) is 99.1 Å². The van der Waals surface area contributed by atoms with E-state index in [4.69, 9.17) is 19.3 Å². The summed E-state index contributed by atoms with van der Waals surface area (Å²) in [6.45, 7) is 6.45. The predicted octanol–water partition coefficient (Wildman–Crippen LogP) is 3.41. The third-order valence-corrected chi connectivity index (χ3v) is 4.46. The molecule has 0 aromatic rings. The first-order valence-electron chi connectivity index (χ1n) is 10.6. The summed E-state index contributed by atoms with van der Waals surface area (Å²) >= 11 is 0. The Kier molecular flexibility index (Phi) is 16.5. The minimum Gasteiger partial charge on any atom is -0.466 e. The van der Waals surface area contributed by atoms with Gasteiger partial charge in [0.1, 0.15) is 0 Å². The molecule has 0 aliphatic rings. The van der Waals surface area contributed by atoms with E-state index in [-0.39, 0.29) is 26.2 Å². The second-order valence-electron chi connectivity index (χ2n) is 7.00. The second-order valence-corrected chi connectivity index (χ2v) is 7.00. The minimum absolute atomic E-state index is 0.0314. The quantitative estimate of drug-likeness (QED) is 0.226. The Morgan fingerprint density at radius 3 is 1.79 bits per heavy atom. The summed E-state index contributed by atoms with van der Waals surface area (Å²) in [6, 6.07) is 0. The molecule has 28 heavy (non-hydrogen) atoms. The predicted molar refractivity (Wildman–Crippen MR) is 106 cm³/mol. The van der Waals surface area contributed by atoms with Crippen LogP contribution in [0.5, 0.6) is 0 Å². The van der Waals surface area contributed by atoms with E-state index in [2.05, 4.69) is 6.92 Å². The third-order valence-electron chi connectivity index (χ3n) is 4.46. The molecule has 0 aromatic carbocycles. The van der Waals surface area contributed by atoms with Gasteiger partial charge in [0, 0.05) is 6.61 Å². The largest absolute Gasteiger partial charge is 0.466 e. The van der Waals surface area contributed by atoms with Crippen molar-refractivity contribution in [2.24, 2.45) is 11.8 Å². The van der Waals surface area contributed by atoms with Crippen LogP contribution in [0.3, 0.4) is 0 Å². The monoisotopic (exact) mass is 402 g/mol. The van der Waals surface area contributed by atoms with Crippen molar-refractivity contribution in [3.05, 3.63) is 0 Å². The van der Waals surface area contributed by atoms with Gasteiger partial charge in [-0.3, -0.25) is 14.4 Å². The van der Waals surface area contributed by atoms with E-state index in [0.29, 0.717) is 19.4 Å². The van der Waals surface area contributed by atoms with Gasteiger partial charge in [-0.2, -0.15) is 0 Å². The van der Waals surface area contributed by atoms with Crippen LogP contribution >= 0.6 is 0 Å². The van der Waals surface area contributed by atoms with E-state index in [1.165, 1.54) is 0 Å². The SMILES string of the molecule is CCCCCOC(=O)CC(C(=O)OCCCCC)C(C)C(=O)OCCCCO. The van der Waals surface area contributed by atoms with Crippen LogP contribution in [0.4, 0.5) is 0 Å².